The Morgan fingerprint density at radius 3 is 2.73 bits per heavy atom. The largest absolute Gasteiger partial charge is 0.494 e. The van der Waals surface area contributed by atoms with Gasteiger partial charge in [-0.3, -0.25) is 9.59 Å². The molecule has 0 aromatic heterocycles. The van der Waals surface area contributed by atoms with Crippen LogP contribution in [0.25, 0.3) is 0 Å². The summed E-state index contributed by atoms with van der Waals surface area (Å²) in [5.74, 6) is 0.335. The van der Waals surface area contributed by atoms with Gasteiger partial charge in [-0.25, -0.2) is 0 Å². The van der Waals surface area contributed by atoms with Gasteiger partial charge in [-0.05, 0) is 31.0 Å². The molecule has 1 aromatic carbocycles. The maximum absolute atomic E-state index is 12.1. The fourth-order valence-corrected chi connectivity index (χ4v) is 3.54. The molecule has 0 radical (unpaired) electrons. The van der Waals surface area contributed by atoms with E-state index in [1.807, 2.05) is 38.1 Å². The van der Waals surface area contributed by atoms with Crippen LogP contribution in [0.4, 0.5) is 0 Å². The van der Waals surface area contributed by atoms with E-state index in [-0.39, 0.29) is 29.9 Å². The molecule has 0 fully saturated rings. The van der Waals surface area contributed by atoms with Gasteiger partial charge in [0.25, 0.3) is 0 Å². The van der Waals surface area contributed by atoms with E-state index in [9.17, 15) is 14.9 Å². The standard InChI is InChI=1S/C19H23N3O3S/c1-3-9-21-18(24)12-26-19-16(11-20)15(10-17(23)22-19)13-5-7-14(8-6-13)25-4-2/h5-8,15H,3-4,9-10,12H2,1-2H3,(H,21,24)(H,22,23)/t15-/m0/s1. The summed E-state index contributed by atoms with van der Waals surface area (Å²) < 4.78 is 5.44. The zero-order valence-electron chi connectivity index (χ0n) is 15.0. The lowest BCUT2D eigenvalue weighted by Crippen LogP contribution is -2.32. The Bertz CT molecular complexity index is 723. The summed E-state index contributed by atoms with van der Waals surface area (Å²) in [4.78, 5) is 23.9. The maximum atomic E-state index is 12.1. The highest BCUT2D eigenvalue weighted by Gasteiger charge is 2.29. The zero-order valence-corrected chi connectivity index (χ0v) is 15.8. The summed E-state index contributed by atoms with van der Waals surface area (Å²) in [6, 6.07) is 9.64. The van der Waals surface area contributed by atoms with Crippen molar-refractivity contribution in [2.45, 2.75) is 32.6 Å². The number of hydrogen-bond acceptors (Lipinski definition) is 5. The fraction of sp³-hybridized carbons (Fsp3) is 0.421. The van der Waals surface area contributed by atoms with Gasteiger partial charge in [0.1, 0.15) is 5.75 Å². The van der Waals surface area contributed by atoms with Crippen LogP contribution in [0.1, 0.15) is 38.2 Å². The maximum Gasteiger partial charge on any atom is 0.230 e. The van der Waals surface area contributed by atoms with Crippen LogP contribution in [0.3, 0.4) is 0 Å². The second-order valence-electron chi connectivity index (χ2n) is 5.80. The number of thioether (sulfide) groups is 1. The van der Waals surface area contributed by atoms with Crippen molar-refractivity contribution in [1.29, 1.82) is 5.26 Å². The van der Waals surface area contributed by atoms with E-state index in [1.54, 1.807) is 0 Å². The molecule has 1 aromatic rings. The number of nitriles is 1. The molecule has 0 spiro atoms. The van der Waals surface area contributed by atoms with E-state index in [4.69, 9.17) is 4.74 Å². The van der Waals surface area contributed by atoms with Crippen molar-refractivity contribution in [1.82, 2.24) is 10.6 Å². The number of rotatable bonds is 8. The highest BCUT2D eigenvalue weighted by Crippen LogP contribution is 2.36. The zero-order chi connectivity index (χ0) is 18.9. The second kappa shape index (κ2) is 9.88. The molecule has 0 aliphatic carbocycles. The molecule has 0 saturated carbocycles. The molecule has 138 valence electrons. The summed E-state index contributed by atoms with van der Waals surface area (Å²) >= 11 is 1.19. The Kier molecular flexibility index (Phi) is 7.54. The summed E-state index contributed by atoms with van der Waals surface area (Å²) in [6.45, 7) is 5.09. The lowest BCUT2D eigenvalue weighted by molar-refractivity contribution is -0.121. The number of hydrogen-bond donors (Lipinski definition) is 2. The number of benzene rings is 1. The predicted octanol–water partition coefficient (Wildman–Crippen LogP) is 2.68. The number of nitrogens with one attached hydrogen (secondary N) is 2. The van der Waals surface area contributed by atoms with Crippen molar-refractivity contribution >= 4 is 23.6 Å². The minimum atomic E-state index is -0.314. The quantitative estimate of drug-likeness (QED) is 0.731. The topological polar surface area (TPSA) is 91.2 Å². The highest BCUT2D eigenvalue weighted by atomic mass is 32.2. The lowest BCUT2D eigenvalue weighted by atomic mass is 9.87. The Balaban J connectivity index is 2.18. The molecule has 0 bridgehead atoms. The fourth-order valence-electron chi connectivity index (χ4n) is 2.63. The number of amides is 2. The Labute approximate surface area is 158 Å². The molecule has 1 atom stereocenters. The monoisotopic (exact) mass is 373 g/mol. The van der Waals surface area contributed by atoms with Gasteiger partial charge in [0.15, 0.2) is 0 Å². The summed E-state index contributed by atoms with van der Waals surface area (Å²) in [6.07, 6.45) is 1.07. The second-order valence-corrected chi connectivity index (χ2v) is 6.79. The summed E-state index contributed by atoms with van der Waals surface area (Å²) in [7, 11) is 0. The van der Waals surface area contributed by atoms with E-state index in [1.165, 1.54) is 11.8 Å². The van der Waals surface area contributed by atoms with Crippen molar-refractivity contribution in [2.24, 2.45) is 0 Å². The van der Waals surface area contributed by atoms with Crippen LogP contribution in [0.15, 0.2) is 34.9 Å². The van der Waals surface area contributed by atoms with Crippen LogP contribution in [0, 0.1) is 11.3 Å². The first-order valence-electron chi connectivity index (χ1n) is 8.65. The van der Waals surface area contributed by atoms with E-state index in [0.717, 1.165) is 17.7 Å². The molecular weight excluding hydrogens is 350 g/mol. The van der Waals surface area contributed by atoms with Crippen LogP contribution >= 0.6 is 11.8 Å². The molecule has 26 heavy (non-hydrogen) atoms. The van der Waals surface area contributed by atoms with Gasteiger partial charge < -0.3 is 15.4 Å². The van der Waals surface area contributed by atoms with Crippen LogP contribution in [0.5, 0.6) is 5.75 Å². The van der Waals surface area contributed by atoms with Gasteiger partial charge in [-0.15, -0.1) is 0 Å². The third-order valence-corrected chi connectivity index (χ3v) is 4.89. The normalized spacial score (nSPS) is 16.7. The molecule has 0 saturated heterocycles. The van der Waals surface area contributed by atoms with Crippen molar-refractivity contribution in [3.05, 3.63) is 40.4 Å². The molecule has 1 aliphatic rings. The molecule has 2 amide bonds. The minimum Gasteiger partial charge on any atom is -0.494 e. The molecule has 0 unspecified atom stereocenters. The number of ether oxygens (including phenoxy) is 1. The first kappa shape index (κ1) is 19.9. The third kappa shape index (κ3) is 5.27. The predicted molar refractivity (Wildman–Crippen MR) is 102 cm³/mol. The van der Waals surface area contributed by atoms with Gasteiger partial charge in [0.2, 0.25) is 11.8 Å². The van der Waals surface area contributed by atoms with Crippen molar-refractivity contribution in [3.8, 4) is 11.8 Å². The van der Waals surface area contributed by atoms with E-state index in [2.05, 4.69) is 16.7 Å². The smallest absolute Gasteiger partial charge is 0.230 e. The average molecular weight is 373 g/mol. The van der Waals surface area contributed by atoms with Crippen molar-refractivity contribution < 1.29 is 14.3 Å². The lowest BCUT2D eigenvalue weighted by Gasteiger charge is -2.25. The Hall–Kier alpha value is -2.46. The van der Waals surface area contributed by atoms with E-state index >= 15 is 0 Å². The van der Waals surface area contributed by atoms with Gasteiger partial charge in [0.05, 0.1) is 29.0 Å². The third-order valence-electron chi connectivity index (χ3n) is 3.87. The number of allylic oxidation sites excluding steroid dienone is 1. The van der Waals surface area contributed by atoms with Crippen LogP contribution in [0.2, 0.25) is 0 Å². The molecular formula is C19H23N3O3S. The summed E-state index contributed by atoms with van der Waals surface area (Å²) in [5, 5.41) is 15.6. The van der Waals surface area contributed by atoms with Crippen molar-refractivity contribution in [3.63, 3.8) is 0 Å². The van der Waals surface area contributed by atoms with Crippen LogP contribution < -0.4 is 15.4 Å². The number of nitrogens with zero attached hydrogens (tertiary/aromatic N) is 1. The number of carbonyl (C=O) groups is 2. The van der Waals surface area contributed by atoms with Crippen LogP contribution in [-0.4, -0.2) is 30.7 Å². The molecule has 2 N–H and O–H groups in total. The number of carbonyl (C=O) groups excluding carboxylic acids is 2. The molecule has 6 nitrogen and oxygen atoms in total. The minimum absolute atomic E-state index is 0.112. The molecule has 2 rings (SSSR count). The van der Waals surface area contributed by atoms with Gasteiger partial charge in [0, 0.05) is 18.9 Å². The molecule has 7 heteroatoms. The van der Waals surface area contributed by atoms with E-state index in [0.29, 0.717) is 23.8 Å². The van der Waals surface area contributed by atoms with Crippen molar-refractivity contribution in [2.75, 3.05) is 18.9 Å². The Morgan fingerprint density at radius 2 is 2.12 bits per heavy atom. The molecule has 1 heterocycles. The van der Waals surface area contributed by atoms with Gasteiger partial charge in [-0.2, -0.15) is 5.26 Å². The average Bonchev–Trinajstić information content (AvgIpc) is 2.65. The Morgan fingerprint density at radius 1 is 1.38 bits per heavy atom. The molecule has 1 aliphatic heterocycles. The first-order chi connectivity index (χ1) is 12.6. The van der Waals surface area contributed by atoms with Gasteiger partial charge in [-0.1, -0.05) is 30.8 Å². The SMILES string of the molecule is CCCNC(=O)CSC1=C(C#N)[C@H](c2ccc(OCC)cc2)CC(=O)N1. The van der Waals surface area contributed by atoms with Gasteiger partial charge >= 0.3 is 0 Å². The first-order valence-corrected chi connectivity index (χ1v) is 9.63. The highest BCUT2D eigenvalue weighted by molar-refractivity contribution is 8.03. The van der Waals surface area contributed by atoms with E-state index < -0.39 is 0 Å². The van der Waals surface area contributed by atoms with Crippen LogP contribution in [-0.2, 0) is 9.59 Å². The summed E-state index contributed by atoms with van der Waals surface area (Å²) in [5.41, 5.74) is 1.37.